The van der Waals surface area contributed by atoms with Gasteiger partial charge in [0, 0.05) is 29.2 Å². The number of nitrogens with zero attached hydrogens (tertiary/aromatic N) is 4. The van der Waals surface area contributed by atoms with Crippen molar-refractivity contribution in [1.82, 2.24) is 19.7 Å². The highest BCUT2D eigenvalue weighted by Crippen LogP contribution is 2.27. The smallest absolute Gasteiger partial charge is 0.233 e. The van der Waals surface area contributed by atoms with Crippen molar-refractivity contribution in [3.8, 4) is 11.4 Å². The first-order chi connectivity index (χ1) is 12.5. The minimum absolute atomic E-state index is 0.188. The molecule has 0 unspecified atom stereocenters. The highest BCUT2D eigenvalue weighted by Gasteiger charge is 2.29. The number of likely N-dealkylation sites (tertiary alicyclic amines) is 1. The van der Waals surface area contributed by atoms with Crippen LogP contribution in [0, 0.1) is 0 Å². The van der Waals surface area contributed by atoms with Crippen molar-refractivity contribution >= 4 is 29.3 Å². The van der Waals surface area contributed by atoms with Crippen LogP contribution in [0.1, 0.15) is 40.0 Å². The second-order valence-electron chi connectivity index (χ2n) is 6.78. The highest BCUT2D eigenvalue weighted by molar-refractivity contribution is 7.99. The Morgan fingerprint density at radius 1 is 1.19 bits per heavy atom. The Hall–Kier alpha value is -1.53. The molecular weight excluding hydrogens is 368 g/mol. The number of rotatable bonds is 5. The van der Waals surface area contributed by atoms with E-state index in [0.717, 1.165) is 35.9 Å². The SMILES string of the molecule is CCn1c(SCC(=O)N2[C@@H](C)CCC[C@@H]2C)nnc1-c1ccc(Cl)cc1. The molecule has 0 N–H and O–H groups in total. The normalized spacial score (nSPS) is 20.4. The maximum absolute atomic E-state index is 12.7. The summed E-state index contributed by atoms with van der Waals surface area (Å²) in [5.74, 6) is 1.39. The summed E-state index contributed by atoms with van der Waals surface area (Å²) in [6.45, 7) is 7.10. The fourth-order valence-corrected chi connectivity index (χ4v) is 4.60. The quantitative estimate of drug-likeness (QED) is 0.703. The van der Waals surface area contributed by atoms with Gasteiger partial charge >= 0.3 is 0 Å². The molecule has 1 fully saturated rings. The Labute approximate surface area is 164 Å². The maximum Gasteiger partial charge on any atom is 0.233 e. The number of benzene rings is 1. The number of thioether (sulfide) groups is 1. The summed E-state index contributed by atoms with van der Waals surface area (Å²) in [4.78, 5) is 14.8. The third-order valence-corrected chi connectivity index (χ3v) is 6.15. The molecule has 2 atom stereocenters. The molecule has 0 radical (unpaired) electrons. The monoisotopic (exact) mass is 392 g/mol. The van der Waals surface area contributed by atoms with Gasteiger partial charge < -0.3 is 9.47 Å². The number of aromatic nitrogens is 3. The van der Waals surface area contributed by atoms with Gasteiger partial charge in [0.1, 0.15) is 0 Å². The average Bonchev–Trinajstić information content (AvgIpc) is 3.03. The molecule has 5 nitrogen and oxygen atoms in total. The van der Waals surface area contributed by atoms with E-state index in [0.29, 0.717) is 22.9 Å². The zero-order valence-electron chi connectivity index (χ0n) is 15.5. The molecule has 1 aliphatic heterocycles. The van der Waals surface area contributed by atoms with Crippen LogP contribution in [0.15, 0.2) is 29.4 Å². The second kappa shape index (κ2) is 8.44. The molecule has 0 saturated carbocycles. The van der Waals surface area contributed by atoms with Gasteiger partial charge in [0.05, 0.1) is 5.75 Å². The van der Waals surface area contributed by atoms with Gasteiger partial charge in [-0.05, 0) is 64.3 Å². The second-order valence-corrected chi connectivity index (χ2v) is 8.15. The van der Waals surface area contributed by atoms with Crippen LogP contribution in [0.5, 0.6) is 0 Å². The molecule has 1 aliphatic rings. The lowest BCUT2D eigenvalue weighted by Crippen LogP contribution is -2.48. The number of piperidine rings is 1. The lowest BCUT2D eigenvalue weighted by Gasteiger charge is -2.39. The zero-order valence-corrected chi connectivity index (χ0v) is 17.1. The molecule has 1 saturated heterocycles. The van der Waals surface area contributed by atoms with E-state index in [1.54, 1.807) is 0 Å². The molecule has 1 aromatic carbocycles. The van der Waals surface area contributed by atoms with Gasteiger partial charge in [0.25, 0.3) is 0 Å². The Morgan fingerprint density at radius 3 is 2.46 bits per heavy atom. The molecule has 7 heteroatoms. The van der Waals surface area contributed by atoms with E-state index >= 15 is 0 Å². The maximum atomic E-state index is 12.7. The van der Waals surface area contributed by atoms with Gasteiger partial charge in [-0.1, -0.05) is 23.4 Å². The first kappa shape index (κ1) is 19.2. The van der Waals surface area contributed by atoms with E-state index in [9.17, 15) is 4.79 Å². The lowest BCUT2D eigenvalue weighted by molar-refractivity contribution is -0.134. The van der Waals surface area contributed by atoms with E-state index < -0.39 is 0 Å². The molecular formula is C19H25ClN4OS. The first-order valence-electron chi connectivity index (χ1n) is 9.14. The first-order valence-corrected chi connectivity index (χ1v) is 10.5. The van der Waals surface area contributed by atoms with Gasteiger partial charge in [-0.2, -0.15) is 0 Å². The molecule has 2 aromatic rings. The van der Waals surface area contributed by atoms with Crippen molar-refractivity contribution in [2.45, 2.75) is 63.8 Å². The van der Waals surface area contributed by atoms with Gasteiger partial charge in [0.15, 0.2) is 11.0 Å². The van der Waals surface area contributed by atoms with Crippen LogP contribution in [0.3, 0.4) is 0 Å². The van der Waals surface area contributed by atoms with Gasteiger partial charge in [-0.25, -0.2) is 0 Å². The van der Waals surface area contributed by atoms with Crippen LogP contribution in [0.25, 0.3) is 11.4 Å². The predicted molar refractivity (Wildman–Crippen MR) is 106 cm³/mol. The minimum atomic E-state index is 0.188. The van der Waals surface area contributed by atoms with Crippen LogP contribution in [-0.2, 0) is 11.3 Å². The molecule has 2 heterocycles. The van der Waals surface area contributed by atoms with Crippen molar-refractivity contribution in [3.05, 3.63) is 29.3 Å². The number of halogens is 1. The zero-order chi connectivity index (χ0) is 18.7. The number of carbonyl (C=O) groups excluding carboxylic acids is 1. The Balaban J connectivity index is 1.72. The van der Waals surface area contributed by atoms with Gasteiger partial charge in [0.2, 0.25) is 5.91 Å². The minimum Gasteiger partial charge on any atom is -0.337 e. The van der Waals surface area contributed by atoms with E-state index in [1.165, 1.54) is 18.2 Å². The van der Waals surface area contributed by atoms with Crippen LogP contribution in [0.2, 0.25) is 5.02 Å². The summed E-state index contributed by atoms with van der Waals surface area (Å²) in [7, 11) is 0. The number of hydrogen-bond donors (Lipinski definition) is 0. The van der Waals surface area contributed by atoms with E-state index in [1.807, 2.05) is 33.7 Å². The summed E-state index contributed by atoms with van der Waals surface area (Å²) in [5, 5.41) is 10.1. The predicted octanol–water partition coefficient (Wildman–Crippen LogP) is 4.50. The van der Waals surface area contributed by atoms with E-state index in [2.05, 4.69) is 31.0 Å². The highest BCUT2D eigenvalue weighted by atomic mass is 35.5. The fraction of sp³-hybridized carbons (Fsp3) is 0.526. The number of amides is 1. The molecule has 1 amide bonds. The molecule has 3 rings (SSSR count). The largest absolute Gasteiger partial charge is 0.337 e. The van der Waals surface area contributed by atoms with E-state index in [4.69, 9.17) is 11.6 Å². The lowest BCUT2D eigenvalue weighted by atomic mass is 9.98. The van der Waals surface area contributed by atoms with Crippen molar-refractivity contribution < 1.29 is 4.79 Å². The van der Waals surface area contributed by atoms with Crippen LogP contribution >= 0.6 is 23.4 Å². The van der Waals surface area contributed by atoms with Crippen molar-refractivity contribution in [2.24, 2.45) is 0 Å². The third-order valence-electron chi connectivity index (χ3n) is 4.94. The molecule has 140 valence electrons. The van der Waals surface area contributed by atoms with Crippen molar-refractivity contribution in [1.29, 1.82) is 0 Å². The number of hydrogen-bond acceptors (Lipinski definition) is 4. The molecule has 1 aromatic heterocycles. The fourth-order valence-electron chi connectivity index (χ4n) is 3.61. The molecule has 0 spiro atoms. The summed E-state index contributed by atoms with van der Waals surface area (Å²) in [5.41, 5.74) is 0.972. The Kier molecular flexibility index (Phi) is 6.24. The molecule has 0 aliphatic carbocycles. The van der Waals surface area contributed by atoms with Crippen molar-refractivity contribution in [3.63, 3.8) is 0 Å². The molecule has 0 bridgehead atoms. The topological polar surface area (TPSA) is 51.0 Å². The van der Waals surface area contributed by atoms with Crippen LogP contribution < -0.4 is 0 Å². The Bertz CT molecular complexity index is 751. The number of carbonyl (C=O) groups is 1. The summed E-state index contributed by atoms with van der Waals surface area (Å²) >= 11 is 7.44. The van der Waals surface area contributed by atoms with Crippen LogP contribution in [0.4, 0.5) is 0 Å². The van der Waals surface area contributed by atoms with Crippen LogP contribution in [-0.4, -0.2) is 43.4 Å². The van der Waals surface area contributed by atoms with E-state index in [-0.39, 0.29) is 5.91 Å². The third kappa shape index (κ3) is 4.07. The standard InChI is InChI=1S/C19H25ClN4OS/c1-4-23-18(15-8-10-16(20)11-9-15)21-22-19(23)26-12-17(25)24-13(2)6-5-7-14(24)3/h8-11,13-14H,4-7,12H2,1-3H3/t13-,14-/m0/s1. The summed E-state index contributed by atoms with van der Waals surface area (Å²) in [6, 6.07) is 8.22. The summed E-state index contributed by atoms with van der Waals surface area (Å²) < 4.78 is 2.05. The van der Waals surface area contributed by atoms with Gasteiger partial charge in [-0.3, -0.25) is 4.79 Å². The van der Waals surface area contributed by atoms with Crippen molar-refractivity contribution in [2.75, 3.05) is 5.75 Å². The Morgan fingerprint density at radius 2 is 1.85 bits per heavy atom. The average molecular weight is 393 g/mol. The molecule has 26 heavy (non-hydrogen) atoms. The van der Waals surface area contributed by atoms with Gasteiger partial charge in [-0.15, -0.1) is 10.2 Å². The summed E-state index contributed by atoms with van der Waals surface area (Å²) in [6.07, 6.45) is 3.38.